The average Bonchev–Trinajstić information content (AvgIpc) is 2.43. The molecule has 2 rings (SSSR count). The van der Waals surface area contributed by atoms with Crippen molar-refractivity contribution in [2.75, 3.05) is 7.05 Å². The van der Waals surface area contributed by atoms with Crippen molar-refractivity contribution in [1.29, 1.82) is 0 Å². The first-order chi connectivity index (χ1) is 9.52. The molecule has 0 amide bonds. The molecule has 0 saturated heterocycles. The van der Waals surface area contributed by atoms with Gasteiger partial charge in [-0.2, -0.15) is 0 Å². The van der Waals surface area contributed by atoms with Crippen molar-refractivity contribution in [3.05, 3.63) is 68.4 Å². The third-order valence-electron chi connectivity index (χ3n) is 3.33. The number of nitrogens with one attached hydrogen (secondary N) is 1. The summed E-state index contributed by atoms with van der Waals surface area (Å²) in [6, 6.07) is 11.3. The van der Waals surface area contributed by atoms with E-state index in [9.17, 15) is 4.39 Å². The van der Waals surface area contributed by atoms with E-state index in [-0.39, 0.29) is 16.9 Å². The first kappa shape index (κ1) is 15.5. The van der Waals surface area contributed by atoms with Gasteiger partial charge in [0.25, 0.3) is 0 Å². The quantitative estimate of drug-likeness (QED) is 0.808. The Morgan fingerprint density at radius 3 is 2.75 bits per heavy atom. The molecule has 0 aliphatic rings. The molecule has 0 spiro atoms. The molecule has 0 radical (unpaired) electrons. The van der Waals surface area contributed by atoms with Crippen molar-refractivity contribution in [2.24, 2.45) is 0 Å². The fraction of sp³-hybridized carbons (Fsp3) is 0.250. The third kappa shape index (κ3) is 3.40. The first-order valence-corrected chi connectivity index (χ1v) is 7.56. The molecular formula is C16H16BrClFN. The summed E-state index contributed by atoms with van der Waals surface area (Å²) in [5.41, 5.74) is 2.91. The molecule has 0 aliphatic heterocycles. The lowest BCUT2D eigenvalue weighted by molar-refractivity contribution is 0.553. The van der Waals surface area contributed by atoms with Crippen LogP contribution in [0.4, 0.5) is 4.39 Å². The highest BCUT2D eigenvalue weighted by Crippen LogP contribution is 2.29. The molecule has 0 aliphatic carbocycles. The van der Waals surface area contributed by atoms with Gasteiger partial charge in [0.15, 0.2) is 0 Å². The summed E-state index contributed by atoms with van der Waals surface area (Å²) in [5.74, 6) is -0.335. The SMILES string of the molecule is CNC(Cc1cccc(Cl)c1F)c1cc(C)ccc1Br. The molecule has 4 heteroatoms. The van der Waals surface area contributed by atoms with Gasteiger partial charge >= 0.3 is 0 Å². The minimum atomic E-state index is -0.335. The highest BCUT2D eigenvalue weighted by molar-refractivity contribution is 9.10. The Kier molecular flexibility index (Phi) is 5.19. The molecule has 106 valence electrons. The lowest BCUT2D eigenvalue weighted by Gasteiger charge is -2.19. The minimum Gasteiger partial charge on any atom is -0.313 e. The molecule has 1 N–H and O–H groups in total. The molecule has 1 atom stereocenters. The van der Waals surface area contributed by atoms with Gasteiger partial charge in [-0.1, -0.05) is 57.4 Å². The molecule has 2 aromatic rings. The molecule has 1 nitrogen and oxygen atoms in total. The van der Waals surface area contributed by atoms with Gasteiger partial charge in [-0.25, -0.2) is 4.39 Å². The summed E-state index contributed by atoms with van der Waals surface area (Å²) in [6.07, 6.45) is 0.547. The van der Waals surface area contributed by atoms with Gasteiger partial charge in [0, 0.05) is 10.5 Å². The van der Waals surface area contributed by atoms with Crippen LogP contribution in [-0.2, 0) is 6.42 Å². The Hall–Kier alpha value is -0.900. The van der Waals surface area contributed by atoms with Crippen molar-refractivity contribution >= 4 is 27.5 Å². The van der Waals surface area contributed by atoms with E-state index in [1.165, 1.54) is 5.56 Å². The predicted molar refractivity (Wildman–Crippen MR) is 85.8 cm³/mol. The Morgan fingerprint density at radius 1 is 1.30 bits per heavy atom. The van der Waals surface area contributed by atoms with E-state index in [1.807, 2.05) is 26.1 Å². The Morgan fingerprint density at radius 2 is 2.05 bits per heavy atom. The number of likely N-dealkylation sites (N-methyl/N-ethyl adjacent to an activating group) is 1. The van der Waals surface area contributed by atoms with Crippen LogP contribution in [0.5, 0.6) is 0 Å². The fourth-order valence-corrected chi connectivity index (χ4v) is 2.94. The second-order valence-corrected chi connectivity index (χ2v) is 6.04. The van der Waals surface area contributed by atoms with Crippen molar-refractivity contribution in [2.45, 2.75) is 19.4 Å². The van der Waals surface area contributed by atoms with Crippen LogP contribution in [0, 0.1) is 12.7 Å². The zero-order chi connectivity index (χ0) is 14.7. The van der Waals surface area contributed by atoms with Gasteiger partial charge in [0.2, 0.25) is 0 Å². The number of rotatable bonds is 4. The van der Waals surface area contributed by atoms with Gasteiger partial charge in [-0.05, 0) is 43.7 Å². The molecule has 20 heavy (non-hydrogen) atoms. The van der Waals surface area contributed by atoms with Gasteiger partial charge in [0.05, 0.1) is 5.02 Å². The zero-order valence-corrected chi connectivity index (χ0v) is 13.7. The summed E-state index contributed by atoms with van der Waals surface area (Å²) in [5, 5.41) is 3.41. The molecule has 0 fully saturated rings. The normalized spacial score (nSPS) is 12.4. The summed E-state index contributed by atoms with van der Waals surface area (Å²) in [6.45, 7) is 2.04. The maximum atomic E-state index is 14.0. The average molecular weight is 357 g/mol. The lowest BCUT2D eigenvalue weighted by Crippen LogP contribution is -2.20. The van der Waals surface area contributed by atoms with Crippen LogP contribution < -0.4 is 5.32 Å². The Bertz CT molecular complexity index is 615. The number of aryl methyl sites for hydroxylation is 1. The van der Waals surface area contributed by atoms with E-state index in [4.69, 9.17) is 11.6 Å². The molecule has 0 bridgehead atoms. The minimum absolute atomic E-state index is 0.0252. The van der Waals surface area contributed by atoms with E-state index >= 15 is 0 Å². The van der Waals surface area contributed by atoms with Crippen LogP contribution in [0.3, 0.4) is 0 Å². The molecule has 1 unspecified atom stereocenters. The van der Waals surface area contributed by atoms with Crippen LogP contribution in [0.15, 0.2) is 40.9 Å². The maximum absolute atomic E-state index is 14.0. The highest BCUT2D eigenvalue weighted by Gasteiger charge is 2.16. The molecule has 0 heterocycles. The second kappa shape index (κ2) is 6.70. The predicted octanol–water partition coefficient (Wildman–Crippen LogP) is 5.05. The number of halogens is 3. The molecular weight excluding hydrogens is 341 g/mol. The lowest BCUT2D eigenvalue weighted by atomic mass is 9.97. The van der Waals surface area contributed by atoms with Gasteiger partial charge < -0.3 is 5.32 Å². The van der Waals surface area contributed by atoms with E-state index < -0.39 is 0 Å². The van der Waals surface area contributed by atoms with Gasteiger partial charge in [-0.15, -0.1) is 0 Å². The standard InChI is InChI=1S/C16H16BrClFN/c1-10-6-7-13(17)12(8-10)15(20-2)9-11-4-3-5-14(18)16(11)19/h3-8,15,20H,9H2,1-2H3. The summed E-state index contributed by atoms with van der Waals surface area (Å²) < 4.78 is 15.0. The third-order valence-corrected chi connectivity index (χ3v) is 4.35. The summed E-state index contributed by atoms with van der Waals surface area (Å²) in [7, 11) is 1.88. The smallest absolute Gasteiger partial charge is 0.145 e. The maximum Gasteiger partial charge on any atom is 0.145 e. The number of hydrogen-bond acceptors (Lipinski definition) is 1. The molecule has 0 aromatic heterocycles. The first-order valence-electron chi connectivity index (χ1n) is 6.39. The van der Waals surface area contributed by atoms with Crippen LogP contribution >= 0.6 is 27.5 Å². The summed E-state index contributed by atoms with van der Waals surface area (Å²) in [4.78, 5) is 0. The van der Waals surface area contributed by atoms with Crippen molar-refractivity contribution < 1.29 is 4.39 Å². The fourth-order valence-electron chi connectivity index (χ4n) is 2.22. The highest BCUT2D eigenvalue weighted by atomic mass is 79.9. The van der Waals surface area contributed by atoms with E-state index in [2.05, 4.69) is 27.3 Å². The number of benzene rings is 2. The van der Waals surface area contributed by atoms with Crippen molar-refractivity contribution in [3.8, 4) is 0 Å². The number of hydrogen-bond donors (Lipinski definition) is 1. The van der Waals surface area contributed by atoms with Crippen molar-refractivity contribution in [1.82, 2.24) is 5.32 Å². The van der Waals surface area contributed by atoms with E-state index in [0.29, 0.717) is 12.0 Å². The Balaban J connectivity index is 2.34. The van der Waals surface area contributed by atoms with Crippen LogP contribution in [0.2, 0.25) is 5.02 Å². The monoisotopic (exact) mass is 355 g/mol. The van der Waals surface area contributed by atoms with Gasteiger partial charge in [0.1, 0.15) is 5.82 Å². The van der Waals surface area contributed by atoms with Crippen LogP contribution in [0.25, 0.3) is 0 Å². The summed E-state index contributed by atoms with van der Waals surface area (Å²) >= 11 is 9.40. The largest absolute Gasteiger partial charge is 0.313 e. The topological polar surface area (TPSA) is 12.0 Å². The van der Waals surface area contributed by atoms with Crippen LogP contribution in [-0.4, -0.2) is 7.05 Å². The zero-order valence-electron chi connectivity index (χ0n) is 11.4. The van der Waals surface area contributed by atoms with Crippen molar-refractivity contribution in [3.63, 3.8) is 0 Å². The molecule has 0 saturated carbocycles. The van der Waals surface area contributed by atoms with Gasteiger partial charge in [-0.3, -0.25) is 0 Å². The van der Waals surface area contributed by atoms with E-state index in [1.54, 1.807) is 18.2 Å². The van der Waals surface area contributed by atoms with E-state index in [0.717, 1.165) is 10.0 Å². The second-order valence-electron chi connectivity index (χ2n) is 4.78. The molecule has 2 aromatic carbocycles. The van der Waals surface area contributed by atoms with Crippen LogP contribution in [0.1, 0.15) is 22.7 Å². The Labute approximate surface area is 132 Å².